The Balaban J connectivity index is 1.70. The molecule has 0 spiro atoms. The summed E-state index contributed by atoms with van der Waals surface area (Å²) in [6.45, 7) is 0. The maximum atomic E-state index is 11.2. The van der Waals surface area contributed by atoms with Gasteiger partial charge in [0.05, 0.1) is 0 Å². The number of carbonyl (C=O) groups excluding carboxylic acids is 1. The van der Waals surface area contributed by atoms with Crippen LogP contribution in [0.15, 0.2) is 78.9 Å². The number of rotatable bonds is 5. The molecule has 2 N–H and O–H groups in total. The van der Waals surface area contributed by atoms with E-state index in [-0.39, 0.29) is 0 Å². The summed E-state index contributed by atoms with van der Waals surface area (Å²) in [7, 11) is 0. The summed E-state index contributed by atoms with van der Waals surface area (Å²) in [6, 6.07) is 24.7. The number of carbonyl (C=O) groups is 1. The lowest BCUT2D eigenvalue weighted by molar-refractivity contribution is 0.100. The minimum Gasteiger partial charge on any atom is -0.457 e. The lowest BCUT2D eigenvalue weighted by atomic mass is 10.1. The van der Waals surface area contributed by atoms with Gasteiger partial charge < -0.3 is 10.5 Å². The van der Waals surface area contributed by atoms with Gasteiger partial charge in [0.1, 0.15) is 11.5 Å². The van der Waals surface area contributed by atoms with E-state index in [0.29, 0.717) is 5.56 Å². The van der Waals surface area contributed by atoms with Gasteiger partial charge in [0, 0.05) is 5.56 Å². The van der Waals surface area contributed by atoms with Gasteiger partial charge in [-0.15, -0.1) is 0 Å². The van der Waals surface area contributed by atoms with E-state index in [2.05, 4.69) is 0 Å². The standard InChI is InChI=1S/C21H17NO2/c22-21(23)18-6-4-5-17(15-18)10-9-16-11-13-20(14-12-16)24-19-7-2-1-3-8-19/h1-15H,(H2,22,23). The molecule has 0 saturated heterocycles. The van der Waals surface area contributed by atoms with E-state index in [1.165, 1.54) is 0 Å². The summed E-state index contributed by atoms with van der Waals surface area (Å²) in [5, 5.41) is 0. The smallest absolute Gasteiger partial charge is 0.248 e. The van der Waals surface area contributed by atoms with E-state index in [9.17, 15) is 4.79 Å². The average Bonchev–Trinajstić information content (AvgIpc) is 2.62. The van der Waals surface area contributed by atoms with Gasteiger partial charge in [-0.25, -0.2) is 0 Å². The summed E-state index contributed by atoms with van der Waals surface area (Å²) in [4.78, 5) is 11.2. The molecule has 0 aromatic heterocycles. The van der Waals surface area contributed by atoms with Crippen LogP contribution in [0.4, 0.5) is 0 Å². The highest BCUT2D eigenvalue weighted by Gasteiger charge is 1.99. The van der Waals surface area contributed by atoms with E-state index in [1.54, 1.807) is 12.1 Å². The highest BCUT2D eigenvalue weighted by atomic mass is 16.5. The van der Waals surface area contributed by atoms with Crippen LogP contribution in [-0.4, -0.2) is 5.91 Å². The first kappa shape index (κ1) is 15.6. The number of nitrogens with two attached hydrogens (primary N) is 1. The second-order valence-corrected chi connectivity index (χ2v) is 5.31. The molecule has 1 amide bonds. The predicted octanol–water partition coefficient (Wildman–Crippen LogP) is 4.75. The van der Waals surface area contributed by atoms with Crippen molar-refractivity contribution in [1.82, 2.24) is 0 Å². The van der Waals surface area contributed by atoms with Crippen molar-refractivity contribution >= 4 is 18.1 Å². The number of primary amides is 1. The van der Waals surface area contributed by atoms with E-state index in [4.69, 9.17) is 10.5 Å². The van der Waals surface area contributed by atoms with E-state index >= 15 is 0 Å². The first-order valence-electron chi connectivity index (χ1n) is 7.62. The molecule has 3 aromatic carbocycles. The van der Waals surface area contributed by atoms with Crippen LogP contribution in [0.2, 0.25) is 0 Å². The monoisotopic (exact) mass is 315 g/mol. The minimum atomic E-state index is -0.423. The van der Waals surface area contributed by atoms with Crippen molar-refractivity contribution in [3.63, 3.8) is 0 Å². The quantitative estimate of drug-likeness (QED) is 0.691. The van der Waals surface area contributed by atoms with Gasteiger partial charge in [-0.1, -0.05) is 54.6 Å². The molecule has 24 heavy (non-hydrogen) atoms. The van der Waals surface area contributed by atoms with Crippen molar-refractivity contribution in [2.45, 2.75) is 0 Å². The van der Waals surface area contributed by atoms with Gasteiger partial charge in [0.2, 0.25) is 5.91 Å². The van der Waals surface area contributed by atoms with Crippen LogP contribution in [0.5, 0.6) is 11.5 Å². The van der Waals surface area contributed by atoms with Crippen LogP contribution in [0, 0.1) is 0 Å². The van der Waals surface area contributed by atoms with Crippen LogP contribution < -0.4 is 10.5 Å². The molecular weight excluding hydrogens is 298 g/mol. The molecule has 0 saturated carbocycles. The molecule has 3 nitrogen and oxygen atoms in total. The van der Waals surface area contributed by atoms with Crippen LogP contribution in [-0.2, 0) is 0 Å². The van der Waals surface area contributed by atoms with E-state index < -0.39 is 5.91 Å². The second kappa shape index (κ2) is 7.29. The van der Waals surface area contributed by atoms with Crippen LogP contribution >= 0.6 is 0 Å². The topological polar surface area (TPSA) is 52.3 Å². The van der Waals surface area contributed by atoms with Crippen molar-refractivity contribution < 1.29 is 9.53 Å². The van der Waals surface area contributed by atoms with E-state index in [0.717, 1.165) is 22.6 Å². The molecule has 0 fully saturated rings. The number of benzene rings is 3. The molecule has 3 aromatic rings. The Morgan fingerprint density at radius 2 is 1.42 bits per heavy atom. The fourth-order valence-corrected chi connectivity index (χ4v) is 2.26. The fourth-order valence-electron chi connectivity index (χ4n) is 2.26. The lowest BCUT2D eigenvalue weighted by Crippen LogP contribution is -2.10. The number of amides is 1. The molecule has 0 heterocycles. The zero-order valence-electron chi connectivity index (χ0n) is 13.1. The number of hydrogen-bond donors (Lipinski definition) is 1. The average molecular weight is 315 g/mol. The Hall–Kier alpha value is -3.33. The Morgan fingerprint density at radius 3 is 2.12 bits per heavy atom. The zero-order valence-corrected chi connectivity index (χ0v) is 13.1. The van der Waals surface area contributed by atoms with Crippen LogP contribution in [0.3, 0.4) is 0 Å². The van der Waals surface area contributed by atoms with Crippen molar-refractivity contribution in [3.05, 3.63) is 95.6 Å². The molecular formula is C21H17NO2. The molecule has 0 bridgehead atoms. The van der Waals surface area contributed by atoms with Crippen molar-refractivity contribution in [1.29, 1.82) is 0 Å². The molecule has 3 heteroatoms. The van der Waals surface area contributed by atoms with Gasteiger partial charge in [-0.3, -0.25) is 4.79 Å². The third-order valence-electron chi connectivity index (χ3n) is 3.50. The molecule has 0 aliphatic heterocycles. The molecule has 0 radical (unpaired) electrons. The van der Waals surface area contributed by atoms with Gasteiger partial charge >= 0.3 is 0 Å². The lowest BCUT2D eigenvalue weighted by Gasteiger charge is -2.05. The SMILES string of the molecule is NC(=O)c1cccc(C=Cc2ccc(Oc3ccccc3)cc2)c1. The van der Waals surface area contributed by atoms with Crippen molar-refractivity contribution in [3.8, 4) is 11.5 Å². The fraction of sp³-hybridized carbons (Fsp3) is 0. The first-order chi connectivity index (χ1) is 11.7. The molecule has 3 rings (SSSR count). The maximum absolute atomic E-state index is 11.2. The van der Waals surface area contributed by atoms with Crippen LogP contribution in [0.1, 0.15) is 21.5 Å². The van der Waals surface area contributed by atoms with Gasteiger partial charge in [-0.2, -0.15) is 0 Å². The summed E-state index contributed by atoms with van der Waals surface area (Å²) < 4.78 is 5.76. The van der Waals surface area contributed by atoms with E-state index in [1.807, 2.05) is 78.9 Å². The second-order valence-electron chi connectivity index (χ2n) is 5.31. The Bertz CT molecular complexity index is 853. The summed E-state index contributed by atoms with van der Waals surface area (Å²) >= 11 is 0. The Labute approximate surface area is 141 Å². The largest absolute Gasteiger partial charge is 0.457 e. The third kappa shape index (κ3) is 4.11. The zero-order chi connectivity index (χ0) is 16.8. The molecule has 0 atom stereocenters. The van der Waals surface area contributed by atoms with Gasteiger partial charge in [0.15, 0.2) is 0 Å². The van der Waals surface area contributed by atoms with Crippen LogP contribution in [0.25, 0.3) is 12.2 Å². The highest BCUT2D eigenvalue weighted by molar-refractivity contribution is 5.93. The molecule has 0 aliphatic rings. The summed E-state index contributed by atoms with van der Waals surface area (Å²) in [5.41, 5.74) is 7.76. The third-order valence-corrected chi connectivity index (χ3v) is 3.50. The minimum absolute atomic E-state index is 0.423. The summed E-state index contributed by atoms with van der Waals surface area (Å²) in [6.07, 6.45) is 3.92. The highest BCUT2D eigenvalue weighted by Crippen LogP contribution is 2.21. The number of ether oxygens (including phenoxy) is 1. The molecule has 118 valence electrons. The molecule has 0 unspecified atom stereocenters. The Morgan fingerprint density at radius 1 is 0.750 bits per heavy atom. The van der Waals surface area contributed by atoms with Gasteiger partial charge in [-0.05, 0) is 47.5 Å². The number of hydrogen-bond acceptors (Lipinski definition) is 2. The first-order valence-corrected chi connectivity index (χ1v) is 7.62. The van der Waals surface area contributed by atoms with Gasteiger partial charge in [0.25, 0.3) is 0 Å². The number of para-hydroxylation sites is 1. The normalized spacial score (nSPS) is 10.7. The Kier molecular flexibility index (Phi) is 4.73. The predicted molar refractivity (Wildman–Crippen MR) is 96.8 cm³/mol. The van der Waals surface area contributed by atoms with Crippen molar-refractivity contribution in [2.24, 2.45) is 5.73 Å². The summed E-state index contributed by atoms with van der Waals surface area (Å²) in [5.74, 6) is 1.17. The molecule has 0 aliphatic carbocycles. The maximum Gasteiger partial charge on any atom is 0.248 e. The van der Waals surface area contributed by atoms with Crippen molar-refractivity contribution in [2.75, 3.05) is 0 Å².